The minimum absolute atomic E-state index is 0.0288. The molecule has 3 unspecified atom stereocenters. The van der Waals surface area contributed by atoms with Crippen molar-refractivity contribution in [3.63, 3.8) is 0 Å². The van der Waals surface area contributed by atoms with Gasteiger partial charge in [-0.25, -0.2) is 0 Å². The van der Waals surface area contributed by atoms with Gasteiger partial charge in [-0.2, -0.15) is 0 Å². The van der Waals surface area contributed by atoms with Gasteiger partial charge in [0.25, 0.3) is 5.17 Å². The van der Waals surface area contributed by atoms with E-state index in [0.29, 0.717) is 12.2 Å². The molecule has 7 heteroatoms. The van der Waals surface area contributed by atoms with Gasteiger partial charge >= 0.3 is 0 Å². The fraction of sp³-hybridized carbons (Fsp3) is 0.600. The van der Waals surface area contributed by atoms with Crippen LogP contribution in [0.3, 0.4) is 0 Å². The van der Waals surface area contributed by atoms with Crippen LogP contribution < -0.4 is 15.7 Å². The van der Waals surface area contributed by atoms with E-state index in [4.69, 9.17) is 32.6 Å². The number of rotatable bonds is 5. The Hall–Kier alpha value is -1.31. The van der Waals surface area contributed by atoms with Crippen molar-refractivity contribution >= 4 is 34.6 Å². The van der Waals surface area contributed by atoms with Gasteiger partial charge in [0, 0.05) is 0 Å². The Kier molecular flexibility index (Phi) is 6.81. The summed E-state index contributed by atoms with van der Waals surface area (Å²) >= 11 is 5.71. The standard InChI is InChI=1S/C20H30N2O3S2/c1-12-7-6-8-15(13(12)2)25-27-17(23)16(21)20(5)10-14(24-18(22)26)9-19(3,4)11-20/h6-8,14,16H,9-11,21H2,1-5H3,(H2,22,26). The van der Waals surface area contributed by atoms with Crippen LogP contribution in [0.5, 0.6) is 5.75 Å². The molecular formula is C20H30N2O3S2. The Morgan fingerprint density at radius 1 is 1.30 bits per heavy atom. The van der Waals surface area contributed by atoms with E-state index in [2.05, 4.69) is 13.8 Å². The highest BCUT2D eigenvalue weighted by molar-refractivity contribution is 8.10. The zero-order valence-electron chi connectivity index (χ0n) is 16.7. The van der Waals surface area contributed by atoms with Crippen molar-refractivity contribution in [2.75, 3.05) is 0 Å². The monoisotopic (exact) mass is 410 g/mol. The van der Waals surface area contributed by atoms with E-state index in [1.807, 2.05) is 39.0 Å². The van der Waals surface area contributed by atoms with Crippen LogP contribution in [0, 0.1) is 24.7 Å². The first kappa shape index (κ1) is 22.0. The lowest BCUT2D eigenvalue weighted by atomic mass is 9.61. The smallest absolute Gasteiger partial charge is 0.254 e. The summed E-state index contributed by atoms with van der Waals surface area (Å²) in [5.41, 5.74) is 13.6. The number of carbonyl (C=O) groups is 1. The predicted octanol–water partition coefficient (Wildman–Crippen LogP) is 4.03. The van der Waals surface area contributed by atoms with Crippen LogP contribution in [0.15, 0.2) is 18.2 Å². The third kappa shape index (κ3) is 5.59. The lowest BCUT2D eigenvalue weighted by Gasteiger charge is -2.48. The molecule has 2 rings (SSSR count). The van der Waals surface area contributed by atoms with Gasteiger partial charge in [0.15, 0.2) is 0 Å². The molecule has 0 aliphatic heterocycles. The van der Waals surface area contributed by atoms with Crippen LogP contribution in [-0.2, 0) is 9.53 Å². The fourth-order valence-corrected chi connectivity index (χ4v) is 5.04. The summed E-state index contributed by atoms with van der Waals surface area (Å²) in [6, 6.07) is 5.09. The summed E-state index contributed by atoms with van der Waals surface area (Å²) in [7, 11) is 0. The van der Waals surface area contributed by atoms with E-state index >= 15 is 0 Å². The Morgan fingerprint density at radius 2 is 1.96 bits per heavy atom. The van der Waals surface area contributed by atoms with Gasteiger partial charge in [-0.15, -0.1) is 0 Å². The molecular weight excluding hydrogens is 380 g/mol. The average molecular weight is 411 g/mol. The van der Waals surface area contributed by atoms with Crippen molar-refractivity contribution in [2.45, 2.75) is 66.0 Å². The molecule has 27 heavy (non-hydrogen) atoms. The van der Waals surface area contributed by atoms with E-state index in [9.17, 15) is 4.79 Å². The molecule has 1 fully saturated rings. The van der Waals surface area contributed by atoms with Gasteiger partial charge < -0.3 is 20.4 Å². The number of ether oxygens (including phenoxy) is 1. The summed E-state index contributed by atoms with van der Waals surface area (Å²) in [5, 5.41) is -0.155. The molecule has 0 heterocycles. The van der Waals surface area contributed by atoms with Crippen LogP contribution in [0.25, 0.3) is 0 Å². The number of thiocarbonyl (C=S) groups is 1. The third-order valence-corrected chi connectivity index (χ3v) is 6.19. The van der Waals surface area contributed by atoms with Gasteiger partial charge in [0.2, 0.25) is 5.12 Å². The number of carbonyl (C=O) groups excluding carboxylic acids is 1. The second-order valence-corrected chi connectivity index (χ2v) is 9.76. The number of benzene rings is 1. The third-order valence-electron chi connectivity index (χ3n) is 5.41. The van der Waals surface area contributed by atoms with Crippen molar-refractivity contribution in [1.82, 2.24) is 0 Å². The summed E-state index contributed by atoms with van der Waals surface area (Å²) in [6.45, 7) is 10.3. The van der Waals surface area contributed by atoms with E-state index in [-0.39, 0.29) is 21.8 Å². The first-order chi connectivity index (χ1) is 12.4. The first-order valence-corrected chi connectivity index (χ1v) is 10.2. The first-order valence-electron chi connectivity index (χ1n) is 9.10. The minimum atomic E-state index is -0.676. The SMILES string of the molecule is Cc1cccc(OSC(=O)C(N)C2(C)CC(OC(N)=S)CC(C)(C)C2)c1C. The normalized spacial score (nSPS) is 25.5. The lowest BCUT2D eigenvalue weighted by Crippen LogP contribution is -2.52. The Labute approximate surface area is 171 Å². The van der Waals surface area contributed by atoms with Gasteiger partial charge in [0.1, 0.15) is 23.9 Å². The van der Waals surface area contributed by atoms with Crippen LogP contribution in [0.4, 0.5) is 0 Å². The average Bonchev–Trinajstić information content (AvgIpc) is 2.52. The lowest BCUT2D eigenvalue weighted by molar-refractivity contribution is -0.117. The summed E-state index contributed by atoms with van der Waals surface area (Å²) < 4.78 is 11.3. The molecule has 1 aromatic rings. The van der Waals surface area contributed by atoms with Crippen LogP contribution in [0.2, 0.25) is 0 Å². The van der Waals surface area contributed by atoms with Crippen LogP contribution in [-0.4, -0.2) is 22.4 Å². The molecule has 0 radical (unpaired) electrons. The summed E-state index contributed by atoms with van der Waals surface area (Å²) in [4.78, 5) is 12.8. The van der Waals surface area contributed by atoms with E-state index in [1.54, 1.807) is 0 Å². The minimum Gasteiger partial charge on any atom is -0.468 e. The van der Waals surface area contributed by atoms with Crippen LogP contribution in [0.1, 0.15) is 51.2 Å². The second kappa shape index (κ2) is 8.37. The molecule has 0 saturated heterocycles. The summed E-state index contributed by atoms with van der Waals surface area (Å²) in [5.74, 6) is 0.685. The van der Waals surface area contributed by atoms with Gasteiger partial charge in [-0.3, -0.25) is 4.79 Å². The van der Waals surface area contributed by atoms with E-state index in [0.717, 1.165) is 36.0 Å². The molecule has 0 amide bonds. The quantitative estimate of drug-likeness (QED) is 0.560. The highest BCUT2D eigenvalue weighted by Gasteiger charge is 2.48. The largest absolute Gasteiger partial charge is 0.468 e. The van der Waals surface area contributed by atoms with Crippen molar-refractivity contribution in [2.24, 2.45) is 22.3 Å². The van der Waals surface area contributed by atoms with Gasteiger partial charge in [-0.05, 0) is 73.4 Å². The Balaban J connectivity index is 2.09. The second-order valence-electron chi connectivity index (χ2n) is 8.62. The van der Waals surface area contributed by atoms with E-state index < -0.39 is 11.5 Å². The van der Waals surface area contributed by atoms with E-state index in [1.165, 1.54) is 0 Å². The predicted molar refractivity (Wildman–Crippen MR) is 115 cm³/mol. The molecule has 0 bridgehead atoms. The zero-order valence-corrected chi connectivity index (χ0v) is 18.3. The van der Waals surface area contributed by atoms with Crippen LogP contribution >= 0.6 is 24.3 Å². The fourth-order valence-electron chi connectivity index (χ4n) is 4.17. The topological polar surface area (TPSA) is 87.6 Å². The maximum Gasteiger partial charge on any atom is 0.254 e. The molecule has 150 valence electrons. The molecule has 0 spiro atoms. The maximum absolute atomic E-state index is 12.8. The molecule has 1 saturated carbocycles. The van der Waals surface area contributed by atoms with Crippen molar-refractivity contribution in [3.8, 4) is 5.75 Å². The van der Waals surface area contributed by atoms with Gasteiger partial charge in [0.05, 0.1) is 6.04 Å². The summed E-state index contributed by atoms with van der Waals surface area (Å²) in [6.07, 6.45) is 2.13. The molecule has 3 atom stereocenters. The molecule has 1 aromatic carbocycles. The number of hydrogen-bond acceptors (Lipinski definition) is 6. The van der Waals surface area contributed by atoms with Crippen molar-refractivity contribution in [1.29, 1.82) is 0 Å². The number of nitrogens with two attached hydrogens (primary N) is 2. The highest BCUT2D eigenvalue weighted by Crippen LogP contribution is 2.49. The molecule has 0 aromatic heterocycles. The maximum atomic E-state index is 12.8. The molecule has 4 N–H and O–H groups in total. The zero-order chi connectivity index (χ0) is 20.4. The van der Waals surface area contributed by atoms with Crippen molar-refractivity contribution < 1.29 is 13.7 Å². The Morgan fingerprint density at radius 3 is 2.59 bits per heavy atom. The molecule has 1 aliphatic carbocycles. The number of hydrogen-bond donors (Lipinski definition) is 2. The molecule has 5 nitrogen and oxygen atoms in total. The molecule has 1 aliphatic rings. The number of aryl methyl sites for hydroxylation is 1. The highest BCUT2D eigenvalue weighted by atomic mass is 32.2. The van der Waals surface area contributed by atoms with Crippen molar-refractivity contribution in [3.05, 3.63) is 29.3 Å². The van der Waals surface area contributed by atoms with Gasteiger partial charge in [-0.1, -0.05) is 32.9 Å². The Bertz CT molecular complexity index is 723.